The Morgan fingerprint density at radius 2 is 1.91 bits per heavy atom. The third kappa shape index (κ3) is 3.11. The third-order valence-electron chi connectivity index (χ3n) is 2.95. The lowest BCUT2D eigenvalue weighted by Gasteiger charge is -2.08. The van der Waals surface area contributed by atoms with Crippen LogP contribution in [0.25, 0.3) is 6.08 Å². The fourth-order valence-electron chi connectivity index (χ4n) is 1.80. The Morgan fingerprint density at radius 3 is 2.45 bits per heavy atom. The SMILES string of the molecule is COC(=O)CN1C(=O)N/C(=C/c2ccc(C(=O)O)cc2)C1=O. The first-order valence-electron chi connectivity index (χ1n) is 6.17. The standard InChI is InChI=1S/C14H12N2O6/c1-22-11(17)7-16-12(18)10(15-14(16)21)6-8-2-4-9(5-3-8)13(19)20/h2-6H,7H2,1H3,(H,15,21)(H,19,20)/b10-6+. The first-order chi connectivity index (χ1) is 10.4. The van der Waals surface area contributed by atoms with Crippen LogP contribution in [-0.2, 0) is 14.3 Å². The van der Waals surface area contributed by atoms with Crippen LogP contribution < -0.4 is 5.32 Å². The average molecular weight is 304 g/mol. The summed E-state index contributed by atoms with van der Waals surface area (Å²) in [5.41, 5.74) is 0.641. The Kier molecular flexibility index (Phi) is 4.21. The first-order valence-corrected chi connectivity index (χ1v) is 6.17. The van der Waals surface area contributed by atoms with E-state index in [1.165, 1.54) is 30.3 Å². The van der Waals surface area contributed by atoms with E-state index in [0.29, 0.717) is 5.56 Å². The summed E-state index contributed by atoms with van der Waals surface area (Å²) in [4.78, 5) is 46.3. The number of nitrogens with one attached hydrogen (secondary N) is 1. The van der Waals surface area contributed by atoms with Crippen molar-refractivity contribution in [1.82, 2.24) is 10.2 Å². The molecule has 1 aliphatic rings. The van der Waals surface area contributed by atoms with Crippen molar-refractivity contribution in [3.05, 3.63) is 41.1 Å². The molecule has 2 N–H and O–H groups in total. The monoisotopic (exact) mass is 304 g/mol. The lowest BCUT2D eigenvalue weighted by Crippen LogP contribution is -2.36. The molecule has 0 spiro atoms. The van der Waals surface area contributed by atoms with Crippen LogP contribution in [-0.4, -0.2) is 47.5 Å². The Hall–Kier alpha value is -3.16. The molecule has 1 fully saturated rings. The normalized spacial score (nSPS) is 15.9. The van der Waals surface area contributed by atoms with Crippen LogP contribution >= 0.6 is 0 Å². The molecule has 3 amide bonds. The van der Waals surface area contributed by atoms with E-state index < -0.39 is 30.4 Å². The largest absolute Gasteiger partial charge is 0.478 e. The lowest BCUT2D eigenvalue weighted by atomic mass is 10.1. The third-order valence-corrected chi connectivity index (χ3v) is 2.95. The molecule has 1 heterocycles. The fraction of sp³-hybridized carbons (Fsp3) is 0.143. The van der Waals surface area contributed by atoms with Crippen molar-refractivity contribution in [2.45, 2.75) is 0 Å². The lowest BCUT2D eigenvalue weighted by molar-refractivity contribution is -0.143. The maximum Gasteiger partial charge on any atom is 0.335 e. The van der Waals surface area contributed by atoms with E-state index in [1.807, 2.05) is 0 Å². The van der Waals surface area contributed by atoms with E-state index in [0.717, 1.165) is 12.0 Å². The van der Waals surface area contributed by atoms with Crippen molar-refractivity contribution < 1.29 is 29.0 Å². The summed E-state index contributed by atoms with van der Waals surface area (Å²) in [6.07, 6.45) is 1.39. The zero-order valence-electron chi connectivity index (χ0n) is 11.5. The molecular weight excluding hydrogens is 292 g/mol. The predicted molar refractivity (Wildman–Crippen MR) is 73.6 cm³/mol. The van der Waals surface area contributed by atoms with Gasteiger partial charge in [0.2, 0.25) is 0 Å². The number of benzene rings is 1. The number of nitrogens with zero attached hydrogens (tertiary/aromatic N) is 1. The molecule has 114 valence electrons. The van der Waals surface area contributed by atoms with Crippen LogP contribution in [0.4, 0.5) is 4.79 Å². The van der Waals surface area contributed by atoms with Gasteiger partial charge in [-0.2, -0.15) is 0 Å². The number of methoxy groups -OCH3 is 1. The molecule has 1 aliphatic heterocycles. The quantitative estimate of drug-likeness (QED) is 0.474. The summed E-state index contributed by atoms with van der Waals surface area (Å²) >= 11 is 0. The summed E-state index contributed by atoms with van der Waals surface area (Å²) in [5.74, 6) is -2.43. The van der Waals surface area contributed by atoms with E-state index in [-0.39, 0.29) is 11.3 Å². The second-order valence-electron chi connectivity index (χ2n) is 4.38. The molecule has 8 heteroatoms. The fourth-order valence-corrected chi connectivity index (χ4v) is 1.80. The highest BCUT2D eigenvalue weighted by Gasteiger charge is 2.35. The number of imide groups is 1. The van der Waals surface area contributed by atoms with Crippen LogP contribution in [0.5, 0.6) is 0 Å². The molecule has 1 saturated heterocycles. The van der Waals surface area contributed by atoms with Gasteiger partial charge in [-0.15, -0.1) is 0 Å². The van der Waals surface area contributed by atoms with Gasteiger partial charge in [0.1, 0.15) is 12.2 Å². The number of carbonyl (C=O) groups is 4. The Morgan fingerprint density at radius 1 is 1.27 bits per heavy atom. The van der Waals surface area contributed by atoms with Crippen molar-refractivity contribution in [2.24, 2.45) is 0 Å². The van der Waals surface area contributed by atoms with Gasteiger partial charge in [0.15, 0.2) is 0 Å². The zero-order chi connectivity index (χ0) is 16.3. The van der Waals surface area contributed by atoms with Gasteiger partial charge < -0.3 is 15.2 Å². The molecule has 0 bridgehead atoms. The summed E-state index contributed by atoms with van der Waals surface area (Å²) in [5, 5.41) is 11.1. The number of carboxylic acids is 1. The van der Waals surface area contributed by atoms with Crippen LogP contribution in [0.1, 0.15) is 15.9 Å². The van der Waals surface area contributed by atoms with Crippen LogP contribution in [0.3, 0.4) is 0 Å². The van der Waals surface area contributed by atoms with E-state index >= 15 is 0 Å². The van der Waals surface area contributed by atoms with Crippen LogP contribution in [0.2, 0.25) is 0 Å². The van der Waals surface area contributed by atoms with Gasteiger partial charge in [0.25, 0.3) is 5.91 Å². The molecule has 0 unspecified atom stereocenters. The molecule has 0 saturated carbocycles. The highest BCUT2D eigenvalue weighted by atomic mass is 16.5. The number of hydrogen-bond acceptors (Lipinski definition) is 5. The number of urea groups is 1. The Labute approximate surface area is 125 Å². The van der Waals surface area contributed by atoms with Crippen molar-refractivity contribution in [3.8, 4) is 0 Å². The van der Waals surface area contributed by atoms with Crippen LogP contribution in [0, 0.1) is 0 Å². The van der Waals surface area contributed by atoms with Crippen molar-refractivity contribution in [1.29, 1.82) is 0 Å². The summed E-state index contributed by atoms with van der Waals surface area (Å²) in [6, 6.07) is 5.03. The number of carboxylic acid groups (broad SMARTS) is 1. The second kappa shape index (κ2) is 6.08. The summed E-state index contributed by atoms with van der Waals surface area (Å²) < 4.78 is 4.41. The van der Waals surface area contributed by atoms with Crippen LogP contribution in [0.15, 0.2) is 30.0 Å². The summed E-state index contributed by atoms with van der Waals surface area (Å²) in [7, 11) is 1.15. The van der Waals surface area contributed by atoms with Gasteiger partial charge in [0.05, 0.1) is 12.7 Å². The van der Waals surface area contributed by atoms with E-state index in [9.17, 15) is 19.2 Å². The van der Waals surface area contributed by atoms with Crippen molar-refractivity contribution in [3.63, 3.8) is 0 Å². The number of aromatic carboxylic acids is 1. The minimum Gasteiger partial charge on any atom is -0.478 e. The highest BCUT2D eigenvalue weighted by molar-refractivity contribution is 6.15. The Balaban J connectivity index is 2.19. The molecule has 8 nitrogen and oxygen atoms in total. The highest BCUT2D eigenvalue weighted by Crippen LogP contribution is 2.14. The number of amides is 3. The maximum absolute atomic E-state index is 12.0. The molecule has 0 aromatic heterocycles. The molecule has 22 heavy (non-hydrogen) atoms. The predicted octanol–water partition coefficient (Wildman–Crippen LogP) is 0.450. The number of ether oxygens (including phenoxy) is 1. The van der Waals surface area contributed by atoms with Gasteiger partial charge in [-0.3, -0.25) is 9.59 Å². The van der Waals surface area contributed by atoms with E-state index in [2.05, 4.69) is 10.1 Å². The zero-order valence-corrected chi connectivity index (χ0v) is 11.5. The van der Waals surface area contributed by atoms with Gasteiger partial charge in [-0.1, -0.05) is 12.1 Å². The average Bonchev–Trinajstić information content (AvgIpc) is 2.75. The number of carbonyl (C=O) groups excluding carboxylic acids is 3. The van der Waals surface area contributed by atoms with Gasteiger partial charge >= 0.3 is 18.0 Å². The minimum atomic E-state index is -1.06. The van der Waals surface area contributed by atoms with E-state index in [1.54, 1.807) is 0 Å². The number of esters is 1. The molecule has 0 atom stereocenters. The number of hydrogen-bond donors (Lipinski definition) is 2. The smallest absolute Gasteiger partial charge is 0.335 e. The molecule has 0 aliphatic carbocycles. The van der Waals surface area contributed by atoms with Crippen molar-refractivity contribution in [2.75, 3.05) is 13.7 Å². The molecule has 2 rings (SSSR count). The number of rotatable bonds is 4. The van der Waals surface area contributed by atoms with Crippen molar-refractivity contribution >= 4 is 30.0 Å². The van der Waals surface area contributed by atoms with Gasteiger partial charge in [-0.25, -0.2) is 14.5 Å². The minimum absolute atomic E-state index is 0.00280. The second-order valence-corrected chi connectivity index (χ2v) is 4.38. The molecule has 1 aromatic carbocycles. The molecule has 1 aromatic rings. The molecular formula is C14H12N2O6. The van der Waals surface area contributed by atoms with Gasteiger partial charge in [0, 0.05) is 0 Å². The Bertz CT molecular complexity index is 677. The van der Waals surface area contributed by atoms with E-state index in [4.69, 9.17) is 5.11 Å². The molecule has 0 radical (unpaired) electrons. The summed E-state index contributed by atoms with van der Waals surface area (Å²) in [6.45, 7) is -0.476. The topological polar surface area (TPSA) is 113 Å². The van der Waals surface area contributed by atoms with Gasteiger partial charge in [-0.05, 0) is 23.8 Å². The first kappa shape index (κ1) is 15.2. The maximum atomic E-state index is 12.0.